The molecule has 3 N–H and O–H groups in total. The molecule has 2 aromatic heterocycles. The molecule has 8 nitrogen and oxygen atoms in total. The second-order valence-corrected chi connectivity index (χ2v) is 10.6. The summed E-state index contributed by atoms with van der Waals surface area (Å²) in [4.78, 5) is 22.3. The number of nitrogens with zero attached hydrogens (tertiary/aromatic N) is 5. The van der Waals surface area contributed by atoms with Crippen molar-refractivity contribution in [2.75, 3.05) is 11.6 Å². The first kappa shape index (κ1) is 28.5. The van der Waals surface area contributed by atoms with Gasteiger partial charge < -0.3 is 5.73 Å². The van der Waals surface area contributed by atoms with Crippen LogP contribution in [0.2, 0.25) is 0 Å². The number of amides is 1. The van der Waals surface area contributed by atoms with Crippen LogP contribution in [0.4, 0.5) is 5.82 Å². The Morgan fingerprint density at radius 3 is 2.23 bits per heavy atom. The molecular formula is C31H43N7O. The summed E-state index contributed by atoms with van der Waals surface area (Å²) in [5.74, 6) is -0.0192. The Kier molecular flexibility index (Phi) is 10.3. The number of unbranched alkanes of at least 4 members (excludes halogenated alkanes) is 9. The SMILES string of the molecule is CCCCCCCCCCCCN1NN=C(C(C(N)=O)c2ccccc2)N1c1ccc2c(C)cc(C)nc2n1. The van der Waals surface area contributed by atoms with Crippen molar-refractivity contribution in [2.24, 2.45) is 10.8 Å². The van der Waals surface area contributed by atoms with Gasteiger partial charge >= 0.3 is 0 Å². The highest BCUT2D eigenvalue weighted by Gasteiger charge is 2.37. The van der Waals surface area contributed by atoms with E-state index in [0.717, 1.165) is 41.6 Å². The van der Waals surface area contributed by atoms with E-state index in [-0.39, 0.29) is 0 Å². The molecule has 1 aromatic carbocycles. The molecule has 1 unspecified atom stereocenters. The molecule has 1 amide bonds. The molecule has 0 spiro atoms. The minimum Gasteiger partial charge on any atom is -0.369 e. The van der Waals surface area contributed by atoms with Gasteiger partial charge in [-0.15, -0.1) is 10.2 Å². The van der Waals surface area contributed by atoms with Gasteiger partial charge in [-0.3, -0.25) is 4.79 Å². The van der Waals surface area contributed by atoms with Gasteiger partial charge in [-0.2, -0.15) is 0 Å². The number of anilines is 1. The minimum atomic E-state index is -0.721. The van der Waals surface area contributed by atoms with E-state index in [1.165, 1.54) is 51.4 Å². The molecule has 3 aromatic rings. The van der Waals surface area contributed by atoms with Crippen LogP contribution in [-0.4, -0.2) is 33.4 Å². The van der Waals surface area contributed by atoms with Gasteiger partial charge in [0.1, 0.15) is 5.92 Å². The van der Waals surface area contributed by atoms with Crippen molar-refractivity contribution in [1.82, 2.24) is 20.6 Å². The zero-order valence-electron chi connectivity index (χ0n) is 23.7. The molecule has 0 bridgehead atoms. The number of hydrogen-bond donors (Lipinski definition) is 2. The van der Waals surface area contributed by atoms with Gasteiger partial charge in [0, 0.05) is 17.6 Å². The van der Waals surface area contributed by atoms with Gasteiger partial charge in [0.05, 0.1) is 0 Å². The number of aryl methyl sites for hydroxylation is 2. The Hall–Kier alpha value is -3.52. The summed E-state index contributed by atoms with van der Waals surface area (Å²) >= 11 is 0. The molecule has 1 atom stereocenters. The van der Waals surface area contributed by atoms with Crippen molar-refractivity contribution in [1.29, 1.82) is 0 Å². The lowest BCUT2D eigenvalue weighted by atomic mass is 9.97. The van der Waals surface area contributed by atoms with Gasteiger partial charge in [0.15, 0.2) is 17.3 Å². The van der Waals surface area contributed by atoms with E-state index in [4.69, 9.17) is 10.7 Å². The zero-order valence-corrected chi connectivity index (χ0v) is 23.7. The highest BCUT2D eigenvalue weighted by Crippen LogP contribution is 2.29. The van der Waals surface area contributed by atoms with E-state index in [2.05, 4.69) is 35.5 Å². The van der Waals surface area contributed by atoms with Crippen LogP contribution >= 0.6 is 0 Å². The standard InChI is InChI=1S/C31H43N7O/c1-4-5-6-7-8-9-10-11-12-16-21-37-36-35-31(28(29(32)39)25-17-14-13-15-18-25)38(37)27-20-19-26-23(2)22-24(3)33-30(26)34-27/h13-15,17-20,22,28,36H,4-12,16,21H2,1-3H3,(H2,32,39). The third-order valence-electron chi connectivity index (χ3n) is 7.35. The number of nitrogens with one attached hydrogen (secondary N) is 1. The molecule has 0 fully saturated rings. The number of hydrazone groups is 1. The van der Waals surface area contributed by atoms with Crippen LogP contribution in [0.15, 0.2) is 53.6 Å². The van der Waals surface area contributed by atoms with Crippen molar-refractivity contribution < 1.29 is 4.79 Å². The highest BCUT2D eigenvalue weighted by molar-refractivity contribution is 6.14. The summed E-state index contributed by atoms with van der Waals surface area (Å²) in [6, 6.07) is 15.6. The minimum absolute atomic E-state index is 0.460. The first-order chi connectivity index (χ1) is 19.0. The molecule has 0 aliphatic carbocycles. The smallest absolute Gasteiger partial charge is 0.232 e. The Morgan fingerprint density at radius 1 is 0.897 bits per heavy atom. The average molecular weight is 530 g/mol. The lowest BCUT2D eigenvalue weighted by Crippen LogP contribution is -2.49. The van der Waals surface area contributed by atoms with Gasteiger partial charge in [-0.05, 0) is 49.6 Å². The van der Waals surface area contributed by atoms with Gasteiger partial charge in [0.25, 0.3) is 0 Å². The largest absolute Gasteiger partial charge is 0.369 e. The molecule has 39 heavy (non-hydrogen) atoms. The van der Waals surface area contributed by atoms with E-state index in [1.807, 2.05) is 59.5 Å². The van der Waals surface area contributed by atoms with Crippen molar-refractivity contribution in [3.63, 3.8) is 0 Å². The number of rotatable bonds is 15. The van der Waals surface area contributed by atoms with E-state index >= 15 is 0 Å². The summed E-state index contributed by atoms with van der Waals surface area (Å²) in [7, 11) is 0. The number of primary amides is 1. The Morgan fingerprint density at radius 2 is 1.56 bits per heavy atom. The summed E-state index contributed by atoms with van der Waals surface area (Å²) in [6.07, 6.45) is 12.7. The number of nitrogens with two attached hydrogens (primary N) is 1. The third kappa shape index (κ3) is 7.32. The Bertz CT molecular complexity index is 1260. The quantitative estimate of drug-likeness (QED) is 0.224. The monoisotopic (exact) mass is 529 g/mol. The molecule has 8 heteroatoms. The Balaban J connectivity index is 1.50. The summed E-state index contributed by atoms with van der Waals surface area (Å²) in [6.45, 7) is 7.03. The number of carbonyl (C=O) groups is 1. The summed E-state index contributed by atoms with van der Waals surface area (Å²) in [5, 5.41) is 9.45. The molecular weight excluding hydrogens is 486 g/mol. The highest BCUT2D eigenvalue weighted by atomic mass is 16.1. The second kappa shape index (κ2) is 14.0. The number of fused-ring (bicyclic) bond motifs is 1. The Labute approximate surface area is 232 Å². The predicted molar refractivity (Wildman–Crippen MR) is 159 cm³/mol. The number of hydrazine groups is 2. The van der Waals surface area contributed by atoms with Crippen LogP contribution in [0.25, 0.3) is 11.0 Å². The van der Waals surface area contributed by atoms with Gasteiger partial charge in [-0.1, -0.05) is 95.0 Å². The number of carbonyl (C=O) groups excluding carboxylic acids is 1. The van der Waals surface area contributed by atoms with Gasteiger partial charge in [-0.25, -0.2) is 20.5 Å². The van der Waals surface area contributed by atoms with E-state index in [0.29, 0.717) is 17.3 Å². The van der Waals surface area contributed by atoms with Crippen LogP contribution in [0.3, 0.4) is 0 Å². The van der Waals surface area contributed by atoms with Crippen molar-refractivity contribution in [3.8, 4) is 0 Å². The van der Waals surface area contributed by atoms with Crippen LogP contribution in [0, 0.1) is 13.8 Å². The second-order valence-electron chi connectivity index (χ2n) is 10.6. The van der Waals surface area contributed by atoms with Crippen LogP contribution < -0.4 is 16.3 Å². The topological polar surface area (TPSA) is 99.7 Å². The average Bonchev–Trinajstić information content (AvgIpc) is 3.33. The third-order valence-corrected chi connectivity index (χ3v) is 7.35. The van der Waals surface area contributed by atoms with Crippen LogP contribution in [0.5, 0.6) is 0 Å². The fourth-order valence-electron chi connectivity index (χ4n) is 5.28. The first-order valence-electron chi connectivity index (χ1n) is 14.5. The fraction of sp³-hybridized carbons (Fsp3) is 0.484. The lowest BCUT2D eigenvalue weighted by molar-refractivity contribution is -0.118. The summed E-state index contributed by atoms with van der Waals surface area (Å²) in [5.41, 5.74) is 12.6. The fourth-order valence-corrected chi connectivity index (χ4v) is 5.28. The molecule has 3 heterocycles. The predicted octanol–water partition coefficient (Wildman–Crippen LogP) is 6.29. The number of amidine groups is 1. The van der Waals surface area contributed by atoms with Gasteiger partial charge in [0.2, 0.25) is 5.91 Å². The van der Waals surface area contributed by atoms with Crippen molar-refractivity contribution >= 4 is 28.6 Å². The molecule has 1 aliphatic rings. The lowest BCUT2D eigenvalue weighted by Gasteiger charge is -2.30. The molecule has 1 aliphatic heterocycles. The van der Waals surface area contributed by atoms with Crippen LogP contribution in [0.1, 0.15) is 93.9 Å². The number of benzene rings is 1. The first-order valence-corrected chi connectivity index (χ1v) is 14.5. The normalized spacial score (nSPS) is 14.4. The maximum Gasteiger partial charge on any atom is 0.232 e. The number of pyridine rings is 2. The van der Waals surface area contributed by atoms with Crippen molar-refractivity contribution in [3.05, 3.63) is 65.4 Å². The van der Waals surface area contributed by atoms with E-state index in [1.54, 1.807) is 0 Å². The number of hydrogen-bond acceptors (Lipinski definition) is 7. The molecule has 0 saturated carbocycles. The molecule has 4 rings (SSSR count). The molecule has 208 valence electrons. The maximum atomic E-state index is 12.8. The summed E-state index contributed by atoms with van der Waals surface area (Å²) < 4.78 is 0. The molecule has 0 radical (unpaired) electrons. The van der Waals surface area contributed by atoms with E-state index in [9.17, 15) is 4.79 Å². The zero-order chi connectivity index (χ0) is 27.6. The number of aromatic nitrogens is 2. The van der Waals surface area contributed by atoms with Crippen LogP contribution in [-0.2, 0) is 4.79 Å². The maximum absolute atomic E-state index is 12.8. The van der Waals surface area contributed by atoms with Crippen molar-refractivity contribution in [2.45, 2.75) is 90.9 Å². The van der Waals surface area contributed by atoms with E-state index < -0.39 is 11.8 Å². The molecule has 0 saturated heterocycles.